The number of carbonyl (C=O) groups is 1. The first-order valence-corrected chi connectivity index (χ1v) is 11.8. The van der Waals surface area contributed by atoms with E-state index in [1.807, 2.05) is 0 Å². The number of alkyl halides is 3. The number of amides is 1. The van der Waals surface area contributed by atoms with Crippen LogP contribution in [0.3, 0.4) is 0 Å². The number of aromatic nitrogens is 2. The number of benzene rings is 2. The number of anilines is 2. The predicted molar refractivity (Wildman–Crippen MR) is 118 cm³/mol. The summed E-state index contributed by atoms with van der Waals surface area (Å²) < 4.78 is 66.9. The maximum absolute atomic E-state index is 13.7. The van der Waals surface area contributed by atoms with E-state index in [1.54, 1.807) is 0 Å². The Hall–Kier alpha value is -2.80. The van der Waals surface area contributed by atoms with E-state index in [0.717, 1.165) is 23.2 Å². The number of nitrogens with two attached hydrogens (primary N) is 1. The Kier molecular flexibility index (Phi) is 5.83. The first kappa shape index (κ1) is 24.3. The molecule has 1 unspecified atom stereocenters. The highest BCUT2D eigenvalue weighted by Crippen LogP contribution is 2.44. The molecule has 0 bridgehead atoms. The van der Waals surface area contributed by atoms with Crippen LogP contribution < -0.4 is 14.8 Å². The van der Waals surface area contributed by atoms with Crippen molar-refractivity contribution < 1.29 is 31.1 Å². The van der Waals surface area contributed by atoms with Crippen LogP contribution in [0.4, 0.5) is 24.8 Å². The van der Waals surface area contributed by atoms with Crippen molar-refractivity contribution in [1.82, 2.24) is 9.55 Å². The number of halogens is 5. The maximum Gasteiger partial charge on any atom is 0.573 e. The minimum atomic E-state index is -4.86. The molecule has 34 heavy (non-hydrogen) atoms. The molecule has 0 aliphatic carbocycles. The van der Waals surface area contributed by atoms with Gasteiger partial charge in [-0.15, -0.1) is 13.2 Å². The van der Waals surface area contributed by atoms with Crippen LogP contribution in [0.25, 0.3) is 0 Å². The second-order valence-electron chi connectivity index (χ2n) is 7.69. The number of primary sulfonamides is 1. The molecule has 2 N–H and O–H groups in total. The molecule has 0 fully saturated rings. The van der Waals surface area contributed by atoms with Crippen LogP contribution in [0.15, 0.2) is 53.7 Å². The molecule has 8 nitrogen and oxygen atoms in total. The molecule has 0 spiro atoms. The number of sulfonamides is 1. The molecule has 2 heterocycles. The lowest BCUT2D eigenvalue weighted by Crippen LogP contribution is -2.42. The van der Waals surface area contributed by atoms with E-state index >= 15 is 0 Å². The molecule has 1 atom stereocenters. The fourth-order valence-corrected chi connectivity index (χ4v) is 5.09. The maximum atomic E-state index is 13.7. The number of ether oxygens (including phenoxy) is 1. The number of carbonyl (C=O) groups excluding carboxylic acids is 1. The van der Waals surface area contributed by atoms with Crippen molar-refractivity contribution in [2.24, 2.45) is 5.14 Å². The molecule has 1 amide bonds. The van der Waals surface area contributed by atoms with E-state index in [0.29, 0.717) is 5.56 Å². The molecule has 0 radical (unpaired) electrons. The molecule has 2 aromatic carbocycles. The lowest BCUT2D eigenvalue weighted by atomic mass is 9.92. The standard InChI is InChI=1S/C20H15Cl2F3N4O4S/c1-19(9-11-2-4-15(5-3-11)33-20(23,24)25)17(30)28(14-7-12(21)6-13(22)8-14)18-27-10-16(29(18)19)34(26,31)32/h2-8,10H,9H2,1H3,(H2,26,31,32). The third kappa shape index (κ3) is 4.45. The van der Waals surface area contributed by atoms with E-state index in [-0.39, 0.29) is 28.1 Å². The largest absolute Gasteiger partial charge is 0.573 e. The zero-order valence-electron chi connectivity index (χ0n) is 17.2. The Labute approximate surface area is 201 Å². The minimum absolute atomic E-state index is 0.0353. The zero-order valence-corrected chi connectivity index (χ0v) is 19.5. The number of hydrogen-bond acceptors (Lipinski definition) is 5. The summed E-state index contributed by atoms with van der Waals surface area (Å²) in [5.74, 6) is -1.05. The lowest BCUT2D eigenvalue weighted by molar-refractivity contribution is -0.274. The lowest BCUT2D eigenvalue weighted by Gasteiger charge is -2.26. The van der Waals surface area contributed by atoms with Crippen LogP contribution >= 0.6 is 23.2 Å². The topological polar surface area (TPSA) is 108 Å². The van der Waals surface area contributed by atoms with E-state index in [2.05, 4.69) is 9.72 Å². The number of rotatable bonds is 5. The van der Waals surface area contributed by atoms with E-state index in [1.165, 1.54) is 41.8 Å². The summed E-state index contributed by atoms with van der Waals surface area (Å²) in [6.45, 7) is 1.47. The summed E-state index contributed by atoms with van der Waals surface area (Å²) in [5, 5.41) is 5.41. The van der Waals surface area contributed by atoms with E-state index < -0.39 is 38.6 Å². The van der Waals surface area contributed by atoms with Crippen LogP contribution in [-0.2, 0) is 26.8 Å². The van der Waals surface area contributed by atoms with Gasteiger partial charge < -0.3 is 4.74 Å². The Balaban J connectivity index is 1.81. The van der Waals surface area contributed by atoms with Gasteiger partial charge >= 0.3 is 6.36 Å². The fraction of sp³-hybridized carbons (Fsp3) is 0.200. The fourth-order valence-electron chi connectivity index (χ4n) is 3.84. The van der Waals surface area contributed by atoms with Crippen molar-refractivity contribution in [2.45, 2.75) is 30.3 Å². The van der Waals surface area contributed by atoms with Gasteiger partial charge in [0.1, 0.15) is 11.3 Å². The number of fused-ring (bicyclic) bond motifs is 1. The highest BCUT2D eigenvalue weighted by Gasteiger charge is 2.51. The SMILES string of the molecule is CC1(Cc2ccc(OC(F)(F)F)cc2)C(=O)N(c2cc(Cl)cc(Cl)c2)c2ncc(S(N)(=O)=O)n21. The second-order valence-corrected chi connectivity index (χ2v) is 10.1. The van der Waals surface area contributed by atoms with Crippen LogP contribution in [0, 0.1) is 0 Å². The van der Waals surface area contributed by atoms with E-state index in [9.17, 15) is 26.4 Å². The highest BCUT2D eigenvalue weighted by molar-refractivity contribution is 7.89. The molecule has 0 saturated heterocycles. The monoisotopic (exact) mass is 534 g/mol. The first-order chi connectivity index (χ1) is 15.7. The predicted octanol–water partition coefficient (Wildman–Crippen LogP) is 4.37. The number of hydrogen-bond donors (Lipinski definition) is 1. The van der Waals surface area contributed by atoms with Gasteiger partial charge in [0, 0.05) is 16.5 Å². The first-order valence-electron chi connectivity index (χ1n) is 9.45. The molecule has 3 aromatic rings. The Morgan fingerprint density at radius 3 is 2.24 bits per heavy atom. The van der Waals surface area contributed by atoms with E-state index in [4.69, 9.17) is 28.3 Å². The summed E-state index contributed by atoms with van der Waals surface area (Å²) in [7, 11) is -4.30. The summed E-state index contributed by atoms with van der Waals surface area (Å²) in [4.78, 5) is 18.9. The van der Waals surface area contributed by atoms with Crippen LogP contribution in [0.2, 0.25) is 10.0 Å². The molecular weight excluding hydrogens is 520 g/mol. The second kappa shape index (κ2) is 8.15. The third-order valence-electron chi connectivity index (χ3n) is 5.17. The third-order valence-corrected chi connectivity index (χ3v) is 6.48. The van der Waals surface area contributed by atoms with Crippen LogP contribution in [0.5, 0.6) is 5.75 Å². The Morgan fingerprint density at radius 1 is 1.12 bits per heavy atom. The quantitative estimate of drug-likeness (QED) is 0.522. The smallest absolute Gasteiger partial charge is 0.406 e. The summed E-state index contributed by atoms with van der Waals surface area (Å²) in [6.07, 6.45) is -3.94. The normalized spacial score (nSPS) is 18.3. The molecule has 14 heteroatoms. The molecule has 0 saturated carbocycles. The van der Waals surface area contributed by atoms with Gasteiger partial charge in [-0.3, -0.25) is 9.36 Å². The molecule has 1 aromatic heterocycles. The van der Waals surface area contributed by atoms with Gasteiger partial charge in [0.05, 0.1) is 11.9 Å². The van der Waals surface area contributed by atoms with Crippen molar-refractivity contribution in [3.8, 4) is 5.75 Å². The average Bonchev–Trinajstić information content (AvgIpc) is 3.21. The van der Waals surface area contributed by atoms with Gasteiger partial charge in [0.2, 0.25) is 5.95 Å². The van der Waals surface area contributed by atoms with Crippen molar-refractivity contribution >= 4 is 50.8 Å². The molecular formula is C20H15Cl2F3N4O4S. The van der Waals surface area contributed by atoms with Gasteiger partial charge in [-0.25, -0.2) is 23.4 Å². The molecule has 180 valence electrons. The number of imidazole rings is 1. The van der Waals surface area contributed by atoms with Crippen LogP contribution in [0.1, 0.15) is 12.5 Å². The van der Waals surface area contributed by atoms with Crippen molar-refractivity contribution in [1.29, 1.82) is 0 Å². The van der Waals surface area contributed by atoms with Gasteiger partial charge in [0.25, 0.3) is 15.9 Å². The summed E-state index contributed by atoms with van der Waals surface area (Å²) in [6, 6.07) is 9.23. The van der Waals surface area contributed by atoms with Crippen molar-refractivity contribution in [2.75, 3.05) is 4.90 Å². The van der Waals surface area contributed by atoms with Crippen molar-refractivity contribution in [3.05, 3.63) is 64.3 Å². The zero-order chi connectivity index (χ0) is 25.1. The minimum Gasteiger partial charge on any atom is -0.406 e. The van der Waals surface area contributed by atoms with Gasteiger partial charge in [0.15, 0.2) is 5.03 Å². The Bertz CT molecular complexity index is 1370. The highest BCUT2D eigenvalue weighted by atomic mass is 35.5. The average molecular weight is 535 g/mol. The van der Waals surface area contributed by atoms with Gasteiger partial charge in [-0.2, -0.15) is 0 Å². The summed E-state index contributed by atoms with van der Waals surface area (Å²) >= 11 is 12.2. The number of nitrogens with zero attached hydrogens (tertiary/aromatic N) is 3. The molecule has 4 rings (SSSR count). The van der Waals surface area contributed by atoms with Gasteiger partial charge in [-0.05, 0) is 42.8 Å². The van der Waals surface area contributed by atoms with Crippen molar-refractivity contribution in [3.63, 3.8) is 0 Å². The summed E-state index contributed by atoms with van der Waals surface area (Å²) in [5.41, 5.74) is -0.890. The van der Waals surface area contributed by atoms with Gasteiger partial charge in [-0.1, -0.05) is 35.3 Å². The molecule has 1 aliphatic rings. The molecule has 1 aliphatic heterocycles. The Morgan fingerprint density at radius 2 is 1.71 bits per heavy atom. The van der Waals surface area contributed by atoms with Crippen LogP contribution in [-0.4, -0.2) is 30.2 Å².